The third kappa shape index (κ3) is 5.69. The van der Waals surface area contributed by atoms with Gasteiger partial charge in [-0.05, 0) is 51.5 Å². The molecular weight excluding hydrogens is 297 g/mol. The first kappa shape index (κ1) is 16.9. The monoisotopic (exact) mass is 319 g/mol. The molecule has 0 amide bonds. The second kappa shape index (κ2) is 7.21. The van der Waals surface area contributed by atoms with Crippen molar-refractivity contribution in [3.05, 3.63) is 36.0 Å². The second-order valence-electron chi connectivity index (χ2n) is 6.26. The average Bonchev–Trinajstić information content (AvgIpc) is 2.91. The van der Waals surface area contributed by atoms with Gasteiger partial charge in [-0.2, -0.15) is 4.98 Å². The molecular formula is C16H22FN5O. The van der Waals surface area contributed by atoms with E-state index in [2.05, 4.69) is 20.4 Å². The van der Waals surface area contributed by atoms with E-state index in [9.17, 15) is 4.39 Å². The zero-order valence-electron chi connectivity index (χ0n) is 13.6. The van der Waals surface area contributed by atoms with E-state index in [4.69, 9.17) is 10.3 Å². The maximum Gasteiger partial charge on any atom is 0.227 e. The Labute approximate surface area is 135 Å². The Morgan fingerprint density at radius 3 is 2.65 bits per heavy atom. The fourth-order valence-electron chi connectivity index (χ4n) is 1.93. The fourth-order valence-corrected chi connectivity index (χ4v) is 1.93. The molecule has 0 aliphatic carbocycles. The highest BCUT2D eigenvalue weighted by Crippen LogP contribution is 2.16. The zero-order chi connectivity index (χ0) is 16.9. The number of aromatic nitrogens is 2. The summed E-state index contributed by atoms with van der Waals surface area (Å²) in [7, 11) is 0. The van der Waals surface area contributed by atoms with Gasteiger partial charge in [0, 0.05) is 24.1 Å². The number of guanidine groups is 1. The third-order valence-corrected chi connectivity index (χ3v) is 2.90. The quantitative estimate of drug-likeness (QED) is 0.502. The lowest BCUT2D eigenvalue weighted by Crippen LogP contribution is -2.45. The number of nitrogens with one attached hydrogen (secondary N) is 1. The molecule has 2 aromatic rings. The summed E-state index contributed by atoms with van der Waals surface area (Å²) in [5.41, 5.74) is 6.40. The molecule has 0 fully saturated rings. The molecule has 0 spiro atoms. The summed E-state index contributed by atoms with van der Waals surface area (Å²) in [4.78, 5) is 8.54. The lowest BCUT2D eigenvalue weighted by molar-refractivity contribution is 0.376. The van der Waals surface area contributed by atoms with Crippen molar-refractivity contribution in [2.45, 2.75) is 39.2 Å². The maximum atomic E-state index is 12.9. The van der Waals surface area contributed by atoms with E-state index < -0.39 is 0 Å². The highest BCUT2D eigenvalue weighted by atomic mass is 19.1. The number of halogens is 1. The number of hydrogen-bond acceptors (Lipinski definition) is 4. The van der Waals surface area contributed by atoms with E-state index in [1.165, 1.54) is 12.1 Å². The number of nitrogens with two attached hydrogens (primary N) is 1. The number of nitrogens with zero attached hydrogens (tertiary/aromatic N) is 3. The fraction of sp³-hybridized carbons (Fsp3) is 0.438. The Kier molecular flexibility index (Phi) is 5.31. The summed E-state index contributed by atoms with van der Waals surface area (Å²) in [6.45, 7) is 6.63. The predicted octanol–water partition coefficient (Wildman–Crippen LogP) is 2.51. The van der Waals surface area contributed by atoms with Gasteiger partial charge in [0.05, 0.1) is 0 Å². The van der Waals surface area contributed by atoms with Crippen LogP contribution in [0, 0.1) is 5.82 Å². The van der Waals surface area contributed by atoms with E-state index in [0.717, 1.165) is 12.0 Å². The van der Waals surface area contributed by atoms with Gasteiger partial charge >= 0.3 is 0 Å². The van der Waals surface area contributed by atoms with Crippen LogP contribution in [0.2, 0.25) is 0 Å². The number of aryl methyl sites for hydroxylation is 1. The van der Waals surface area contributed by atoms with Crippen LogP contribution in [0.15, 0.2) is 33.8 Å². The summed E-state index contributed by atoms with van der Waals surface area (Å²) in [5.74, 6) is 1.12. The lowest BCUT2D eigenvalue weighted by atomic mass is 10.1. The molecule has 23 heavy (non-hydrogen) atoms. The molecule has 3 N–H and O–H groups in total. The molecule has 0 aliphatic heterocycles. The van der Waals surface area contributed by atoms with Crippen LogP contribution in [0.3, 0.4) is 0 Å². The van der Waals surface area contributed by atoms with Crippen molar-refractivity contribution in [2.75, 3.05) is 6.54 Å². The minimum Gasteiger partial charge on any atom is -0.370 e. The number of aliphatic imine (C=N–C) groups is 1. The molecule has 0 radical (unpaired) electrons. The zero-order valence-corrected chi connectivity index (χ0v) is 13.6. The van der Waals surface area contributed by atoms with Crippen molar-refractivity contribution < 1.29 is 8.91 Å². The Balaban J connectivity index is 1.83. The summed E-state index contributed by atoms with van der Waals surface area (Å²) in [6.07, 6.45) is 1.36. The third-order valence-electron chi connectivity index (χ3n) is 2.90. The van der Waals surface area contributed by atoms with Crippen LogP contribution in [-0.4, -0.2) is 28.2 Å². The standard InChI is InChI=1S/C16H22FN5O/c1-16(2,3)21-15(18)19-10-4-5-13-20-14(22-23-13)11-6-8-12(17)9-7-11/h6-9H,4-5,10H2,1-3H3,(H3,18,19,21). The van der Waals surface area contributed by atoms with Crippen molar-refractivity contribution in [1.29, 1.82) is 0 Å². The Morgan fingerprint density at radius 1 is 1.30 bits per heavy atom. The first-order valence-corrected chi connectivity index (χ1v) is 7.50. The summed E-state index contributed by atoms with van der Waals surface area (Å²) >= 11 is 0. The van der Waals surface area contributed by atoms with Crippen LogP contribution in [0.25, 0.3) is 11.4 Å². The van der Waals surface area contributed by atoms with Crippen LogP contribution in [0.5, 0.6) is 0 Å². The average molecular weight is 319 g/mol. The molecule has 1 aromatic heterocycles. The lowest BCUT2D eigenvalue weighted by Gasteiger charge is -2.20. The molecule has 2 rings (SSSR count). The molecule has 124 valence electrons. The first-order valence-electron chi connectivity index (χ1n) is 7.50. The van der Waals surface area contributed by atoms with Gasteiger partial charge in [-0.25, -0.2) is 4.39 Å². The van der Waals surface area contributed by atoms with Crippen molar-refractivity contribution in [2.24, 2.45) is 10.7 Å². The molecule has 1 heterocycles. The second-order valence-corrected chi connectivity index (χ2v) is 6.26. The van der Waals surface area contributed by atoms with Crippen LogP contribution in [0.1, 0.15) is 33.1 Å². The van der Waals surface area contributed by atoms with Crippen molar-refractivity contribution >= 4 is 5.96 Å². The molecule has 7 heteroatoms. The van der Waals surface area contributed by atoms with Crippen LogP contribution < -0.4 is 11.1 Å². The Morgan fingerprint density at radius 2 is 2.00 bits per heavy atom. The molecule has 6 nitrogen and oxygen atoms in total. The van der Waals surface area contributed by atoms with Crippen molar-refractivity contribution in [3.8, 4) is 11.4 Å². The van der Waals surface area contributed by atoms with E-state index in [1.807, 2.05) is 20.8 Å². The van der Waals surface area contributed by atoms with Gasteiger partial charge in [0.2, 0.25) is 11.7 Å². The van der Waals surface area contributed by atoms with Crippen molar-refractivity contribution in [1.82, 2.24) is 15.5 Å². The summed E-state index contributed by atoms with van der Waals surface area (Å²) in [5, 5.41) is 6.99. The summed E-state index contributed by atoms with van der Waals surface area (Å²) in [6, 6.07) is 5.97. The van der Waals surface area contributed by atoms with Gasteiger partial charge in [-0.1, -0.05) is 5.16 Å². The summed E-state index contributed by atoms with van der Waals surface area (Å²) < 4.78 is 18.1. The van der Waals surface area contributed by atoms with Gasteiger partial charge in [0.1, 0.15) is 5.82 Å². The highest BCUT2D eigenvalue weighted by Gasteiger charge is 2.10. The topological polar surface area (TPSA) is 89.3 Å². The minimum absolute atomic E-state index is 0.107. The predicted molar refractivity (Wildman–Crippen MR) is 87.4 cm³/mol. The van der Waals surface area contributed by atoms with Gasteiger partial charge in [0.25, 0.3) is 0 Å². The van der Waals surface area contributed by atoms with Gasteiger partial charge in [-0.3, -0.25) is 4.99 Å². The molecule has 0 bridgehead atoms. The van der Waals surface area contributed by atoms with E-state index in [0.29, 0.717) is 30.6 Å². The number of hydrogen-bond donors (Lipinski definition) is 2. The van der Waals surface area contributed by atoms with Crippen LogP contribution in [-0.2, 0) is 6.42 Å². The largest absolute Gasteiger partial charge is 0.370 e. The number of rotatable bonds is 5. The van der Waals surface area contributed by atoms with E-state index in [-0.39, 0.29) is 11.4 Å². The molecule has 0 unspecified atom stereocenters. The van der Waals surface area contributed by atoms with Gasteiger partial charge in [0.15, 0.2) is 5.96 Å². The molecule has 1 aromatic carbocycles. The molecule has 0 atom stereocenters. The highest BCUT2D eigenvalue weighted by molar-refractivity contribution is 5.78. The van der Waals surface area contributed by atoms with Gasteiger partial charge in [-0.15, -0.1) is 0 Å². The van der Waals surface area contributed by atoms with E-state index in [1.54, 1.807) is 12.1 Å². The smallest absolute Gasteiger partial charge is 0.227 e. The maximum absolute atomic E-state index is 12.9. The van der Waals surface area contributed by atoms with Crippen molar-refractivity contribution in [3.63, 3.8) is 0 Å². The van der Waals surface area contributed by atoms with Crippen LogP contribution in [0.4, 0.5) is 4.39 Å². The number of benzene rings is 1. The minimum atomic E-state index is -0.295. The SMILES string of the molecule is CC(C)(C)NC(N)=NCCCc1nc(-c2ccc(F)cc2)no1. The van der Waals surface area contributed by atoms with E-state index >= 15 is 0 Å². The molecule has 0 aliphatic rings. The Bertz CT molecular complexity index is 658. The first-order chi connectivity index (χ1) is 10.8. The Hall–Kier alpha value is -2.44. The normalized spacial score (nSPS) is 12.4. The molecule has 0 saturated heterocycles. The molecule has 0 saturated carbocycles. The van der Waals surface area contributed by atoms with Gasteiger partial charge < -0.3 is 15.6 Å². The van der Waals surface area contributed by atoms with Crippen LogP contribution >= 0.6 is 0 Å².